The molecule has 0 aromatic rings. The van der Waals surface area contributed by atoms with Crippen molar-refractivity contribution in [2.24, 2.45) is 5.92 Å². The van der Waals surface area contributed by atoms with Crippen molar-refractivity contribution in [2.45, 2.75) is 38.6 Å². The fraction of sp³-hybridized carbons (Fsp3) is 1.00. The molecule has 0 aliphatic carbocycles. The van der Waals surface area contributed by atoms with Crippen molar-refractivity contribution in [1.29, 1.82) is 0 Å². The lowest BCUT2D eigenvalue weighted by Gasteiger charge is -2.40. The van der Waals surface area contributed by atoms with Crippen LogP contribution in [-0.4, -0.2) is 73.1 Å². The summed E-state index contributed by atoms with van der Waals surface area (Å²) in [6.45, 7) is 13.0. The normalized spacial score (nSPS) is 32.8. The summed E-state index contributed by atoms with van der Waals surface area (Å²) < 4.78 is 0. The van der Waals surface area contributed by atoms with E-state index >= 15 is 0 Å². The summed E-state index contributed by atoms with van der Waals surface area (Å²) in [5.41, 5.74) is 0. The largest absolute Gasteiger partial charge is 0.304 e. The predicted octanol–water partition coefficient (Wildman–Crippen LogP) is 1.50. The minimum absolute atomic E-state index is 0.898. The first kappa shape index (κ1) is 12.9. The molecule has 3 heterocycles. The first-order chi connectivity index (χ1) is 8.85. The molecule has 3 aliphatic heterocycles. The zero-order chi connectivity index (χ0) is 12.4. The van der Waals surface area contributed by atoms with Crippen LogP contribution in [-0.2, 0) is 0 Å². The Labute approximate surface area is 112 Å². The highest BCUT2D eigenvalue weighted by atomic mass is 15.3. The Morgan fingerprint density at radius 3 is 2.50 bits per heavy atom. The second-order valence-electron chi connectivity index (χ2n) is 6.47. The summed E-state index contributed by atoms with van der Waals surface area (Å²) >= 11 is 0. The van der Waals surface area contributed by atoms with Crippen LogP contribution in [0.15, 0.2) is 0 Å². The van der Waals surface area contributed by atoms with E-state index < -0.39 is 0 Å². The fourth-order valence-corrected chi connectivity index (χ4v) is 4.07. The van der Waals surface area contributed by atoms with Crippen LogP contribution in [0.5, 0.6) is 0 Å². The van der Waals surface area contributed by atoms with Crippen LogP contribution in [0.25, 0.3) is 0 Å². The van der Waals surface area contributed by atoms with Crippen molar-refractivity contribution in [1.82, 2.24) is 14.7 Å². The van der Waals surface area contributed by atoms with Gasteiger partial charge < -0.3 is 9.80 Å². The highest BCUT2D eigenvalue weighted by Crippen LogP contribution is 2.24. The third-order valence-electron chi connectivity index (χ3n) is 5.34. The first-order valence-corrected chi connectivity index (χ1v) is 8.04. The van der Waals surface area contributed by atoms with Gasteiger partial charge in [0.15, 0.2) is 0 Å². The van der Waals surface area contributed by atoms with Gasteiger partial charge in [0.25, 0.3) is 0 Å². The van der Waals surface area contributed by atoms with Crippen molar-refractivity contribution in [3.8, 4) is 0 Å². The molecule has 1 atom stereocenters. The maximum atomic E-state index is 2.76. The van der Waals surface area contributed by atoms with E-state index in [0.717, 1.165) is 12.0 Å². The lowest BCUT2D eigenvalue weighted by molar-refractivity contribution is 0.0765. The lowest BCUT2D eigenvalue weighted by Crippen LogP contribution is -2.51. The number of piperidine rings is 1. The molecule has 0 N–H and O–H groups in total. The fourth-order valence-electron chi connectivity index (χ4n) is 4.07. The zero-order valence-corrected chi connectivity index (χ0v) is 12.0. The lowest BCUT2D eigenvalue weighted by atomic mass is 9.95. The number of hydrogen-bond donors (Lipinski definition) is 0. The molecule has 0 amide bonds. The molecule has 3 saturated heterocycles. The molecule has 0 aromatic carbocycles. The maximum Gasteiger partial charge on any atom is 0.0224 e. The van der Waals surface area contributed by atoms with Gasteiger partial charge in [-0.15, -0.1) is 0 Å². The Morgan fingerprint density at radius 1 is 0.889 bits per heavy atom. The van der Waals surface area contributed by atoms with Crippen molar-refractivity contribution in [3.63, 3.8) is 0 Å². The molecule has 3 rings (SSSR count). The van der Waals surface area contributed by atoms with Crippen LogP contribution in [0.4, 0.5) is 0 Å². The van der Waals surface area contributed by atoms with Crippen molar-refractivity contribution < 1.29 is 0 Å². The van der Waals surface area contributed by atoms with Crippen LogP contribution in [0.2, 0.25) is 0 Å². The Hall–Kier alpha value is -0.120. The van der Waals surface area contributed by atoms with Crippen LogP contribution < -0.4 is 0 Å². The molecule has 3 nitrogen and oxygen atoms in total. The van der Waals surface area contributed by atoms with E-state index in [0.29, 0.717) is 0 Å². The van der Waals surface area contributed by atoms with E-state index in [4.69, 9.17) is 0 Å². The molecule has 104 valence electrons. The molecule has 0 radical (unpaired) electrons. The van der Waals surface area contributed by atoms with Gasteiger partial charge in [-0.25, -0.2) is 0 Å². The van der Waals surface area contributed by atoms with E-state index in [9.17, 15) is 0 Å². The van der Waals surface area contributed by atoms with Crippen LogP contribution in [0, 0.1) is 5.92 Å². The van der Waals surface area contributed by atoms with Crippen LogP contribution >= 0.6 is 0 Å². The topological polar surface area (TPSA) is 9.72 Å². The van der Waals surface area contributed by atoms with Crippen LogP contribution in [0.3, 0.4) is 0 Å². The summed E-state index contributed by atoms with van der Waals surface area (Å²) in [5, 5.41) is 0. The minimum Gasteiger partial charge on any atom is -0.304 e. The van der Waals surface area contributed by atoms with Gasteiger partial charge in [-0.1, -0.05) is 6.92 Å². The zero-order valence-electron chi connectivity index (χ0n) is 12.0. The van der Waals surface area contributed by atoms with Crippen molar-refractivity contribution in [3.05, 3.63) is 0 Å². The molecule has 3 aliphatic rings. The summed E-state index contributed by atoms with van der Waals surface area (Å²) in [5.74, 6) is 0.973. The molecule has 3 fully saturated rings. The summed E-state index contributed by atoms with van der Waals surface area (Å²) in [6.07, 6.45) is 5.75. The molecule has 0 bridgehead atoms. The summed E-state index contributed by atoms with van der Waals surface area (Å²) in [4.78, 5) is 8.08. The second kappa shape index (κ2) is 5.89. The third-order valence-corrected chi connectivity index (χ3v) is 5.34. The first-order valence-electron chi connectivity index (χ1n) is 8.04. The summed E-state index contributed by atoms with van der Waals surface area (Å²) in [6, 6.07) is 0.898. The van der Waals surface area contributed by atoms with Crippen molar-refractivity contribution >= 4 is 0 Å². The number of piperazine rings is 1. The van der Waals surface area contributed by atoms with Gasteiger partial charge in [0.1, 0.15) is 0 Å². The quantitative estimate of drug-likeness (QED) is 0.752. The third kappa shape index (κ3) is 2.89. The van der Waals surface area contributed by atoms with E-state index in [1.165, 1.54) is 78.0 Å². The number of fused-ring (bicyclic) bond motifs is 1. The van der Waals surface area contributed by atoms with Gasteiger partial charge >= 0.3 is 0 Å². The molecule has 0 saturated carbocycles. The molecule has 3 heteroatoms. The number of rotatable bonds is 3. The van der Waals surface area contributed by atoms with Gasteiger partial charge in [-0.05, 0) is 57.8 Å². The van der Waals surface area contributed by atoms with E-state index in [-0.39, 0.29) is 0 Å². The Kier molecular flexibility index (Phi) is 4.22. The smallest absolute Gasteiger partial charge is 0.0224 e. The standard InChI is InChI=1S/C15H29N3/c1-2-16-8-5-14(6-9-16)12-17-10-11-18-7-3-4-15(18)13-17/h14-15H,2-13H2,1H3. The molecular weight excluding hydrogens is 222 g/mol. The number of nitrogens with zero attached hydrogens (tertiary/aromatic N) is 3. The Bertz CT molecular complexity index is 260. The van der Waals surface area contributed by atoms with E-state index in [1.54, 1.807) is 0 Å². The van der Waals surface area contributed by atoms with Crippen LogP contribution in [0.1, 0.15) is 32.6 Å². The summed E-state index contributed by atoms with van der Waals surface area (Å²) in [7, 11) is 0. The van der Waals surface area contributed by atoms with E-state index in [1.807, 2.05) is 0 Å². The minimum atomic E-state index is 0.898. The Morgan fingerprint density at radius 2 is 1.72 bits per heavy atom. The van der Waals surface area contributed by atoms with Crippen molar-refractivity contribution in [2.75, 3.05) is 52.4 Å². The predicted molar refractivity (Wildman–Crippen MR) is 75.9 cm³/mol. The van der Waals surface area contributed by atoms with Gasteiger partial charge in [-0.3, -0.25) is 4.90 Å². The molecule has 18 heavy (non-hydrogen) atoms. The SMILES string of the molecule is CCN1CCC(CN2CCN3CCCC3C2)CC1. The van der Waals surface area contributed by atoms with Gasteiger partial charge in [0.2, 0.25) is 0 Å². The van der Waals surface area contributed by atoms with Gasteiger partial charge in [-0.2, -0.15) is 0 Å². The second-order valence-corrected chi connectivity index (χ2v) is 6.47. The van der Waals surface area contributed by atoms with E-state index in [2.05, 4.69) is 21.6 Å². The number of hydrogen-bond acceptors (Lipinski definition) is 3. The van der Waals surface area contributed by atoms with Gasteiger partial charge in [0, 0.05) is 32.2 Å². The highest BCUT2D eigenvalue weighted by molar-refractivity contribution is 4.88. The molecule has 0 aromatic heterocycles. The monoisotopic (exact) mass is 251 g/mol. The molecule has 1 unspecified atom stereocenters. The maximum absolute atomic E-state index is 2.76. The number of likely N-dealkylation sites (tertiary alicyclic amines) is 1. The highest BCUT2D eigenvalue weighted by Gasteiger charge is 2.31. The Balaban J connectivity index is 1.43. The molecular formula is C15H29N3. The molecule has 0 spiro atoms. The average Bonchev–Trinajstić information content (AvgIpc) is 2.87. The average molecular weight is 251 g/mol. The van der Waals surface area contributed by atoms with Gasteiger partial charge in [0.05, 0.1) is 0 Å².